The third kappa shape index (κ3) is 8.45. The molecule has 1 aromatic rings. The molecule has 7 heteroatoms. The van der Waals surface area contributed by atoms with E-state index in [0.717, 1.165) is 5.75 Å². The Labute approximate surface area is 151 Å². The lowest BCUT2D eigenvalue weighted by molar-refractivity contribution is -0.118. The van der Waals surface area contributed by atoms with Crippen molar-refractivity contribution >= 4 is 40.2 Å². The van der Waals surface area contributed by atoms with Gasteiger partial charge in [-0.2, -0.15) is 0 Å². The van der Waals surface area contributed by atoms with Crippen LogP contribution < -0.4 is 10.6 Å². The minimum absolute atomic E-state index is 0.170. The van der Waals surface area contributed by atoms with Gasteiger partial charge in [0.2, 0.25) is 5.91 Å². The molecule has 0 unspecified atom stereocenters. The van der Waals surface area contributed by atoms with Crippen molar-refractivity contribution in [3.05, 3.63) is 29.3 Å². The molecule has 0 aliphatic heterocycles. The van der Waals surface area contributed by atoms with Crippen LogP contribution in [0.25, 0.3) is 0 Å². The number of carbonyl (C=O) groups is 2. The zero-order chi connectivity index (χ0) is 18.3. The van der Waals surface area contributed by atoms with Crippen LogP contribution in [0.3, 0.4) is 0 Å². The van der Waals surface area contributed by atoms with Crippen molar-refractivity contribution in [1.29, 1.82) is 0 Å². The van der Waals surface area contributed by atoms with E-state index in [2.05, 4.69) is 23.1 Å². The van der Waals surface area contributed by atoms with Crippen LogP contribution in [-0.2, 0) is 20.4 Å². The van der Waals surface area contributed by atoms with Crippen LogP contribution in [0.15, 0.2) is 24.3 Å². The molecule has 134 valence electrons. The quantitative estimate of drug-likeness (QED) is 0.750. The molecule has 0 spiro atoms. The van der Waals surface area contributed by atoms with E-state index in [1.807, 2.05) is 0 Å². The standard InChI is InChI=1S/C17H25ClN2O3S/c1-17(2,3)23-16(22)20-14(9-10-24(4)5)15(21)19-13-8-6-7-12(18)11-13/h6-8,11,14H,9-10H2,1-5H3,(H-,19,20,21,22)/p+1/t14-/m0/s1. The zero-order valence-electron chi connectivity index (χ0n) is 14.8. The molecule has 24 heavy (non-hydrogen) atoms. The number of ether oxygens (including phenoxy) is 1. The minimum atomic E-state index is -0.659. The van der Waals surface area contributed by atoms with E-state index < -0.39 is 17.7 Å². The van der Waals surface area contributed by atoms with Crippen molar-refractivity contribution in [2.75, 3.05) is 23.6 Å². The first-order valence-electron chi connectivity index (χ1n) is 7.67. The lowest BCUT2D eigenvalue weighted by Gasteiger charge is -2.23. The summed E-state index contributed by atoms with van der Waals surface area (Å²) in [5.74, 6) is 0.553. The Bertz CT molecular complexity index is 573. The summed E-state index contributed by atoms with van der Waals surface area (Å²) in [6, 6.07) is 6.23. The maximum atomic E-state index is 12.5. The van der Waals surface area contributed by atoms with Gasteiger partial charge in [-0.25, -0.2) is 4.79 Å². The highest BCUT2D eigenvalue weighted by Gasteiger charge is 2.26. The fourth-order valence-corrected chi connectivity index (χ4v) is 2.77. The fourth-order valence-electron chi connectivity index (χ4n) is 1.87. The Kier molecular flexibility index (Phi) is 7.90. The van der Waals surface area contributed by atoms with Crippen LogP contribution in [0.4, 0.5) is 10.5 Å². The number of carbonyl (C=O) groups excluding carboxylic acids is 2. The van der Waals surface area contributed by atoms with E-state index >= 15 is 0 Å². The third-order valence-electron chi connectivity index (χ3n) is 2.91. The highest BCUT2D eigenvalue weighted by Crippen LogP contribution is 2.15. The number of hydrogen-bond donors (Lipinski definition) is 2. The van der Waals surface area contributed by atoms with Crippen LogP contribution in [0.2, 0.25) is 5.02 Å². The first kappa shape index (κ1) is 20.6. The van der Waals surface area contributed by atoms with E-state index in [4.69, 9.17) is 16.3 Å². The molecule has 0 aliphatic carbocycles. The lowest BCUT2D eigenvalue weighted by Crippen LogP contribution is -2.46. The molecule has 0 aliphatic rings. The number of anilines is 1. The van der Waals surface area contributed by atoms with Crippen molar-refractivity contribution in [3.8, 4) is 0 Å². The molecule has 1 aromatic carbocycles. The zero-order valence-corrected chi connectivity index (χ0v) is 16.4. The first-order chi connectivity index (χ1) is 11.1. The molecule has 0 radical (unpaired) electrons. The van der Waals surface area contributed by atoms with Gasteiger partial charge in [0, 0.05) is 17.1 Å². The number of rotatable bonds is 6. The third-order valence-corrected chi connectivity index (χ3v) is 4.20. The van der Waals surface area contributed by atoms with Gasteiger partial charge in [-0.3, -0.25) is 4.79 Å². The van der Waals surface area contributed by atoms with Gasteiger partial charge in [-0.05, 0) is 49.9 Å². The molecule has 0 aromatic heterocycles. The topological polar surface area (TPSA) is 67.4 Å². The summed E-state index contributed by atoms with van der Waals surface area (Å²) >= 11 is 5.93. The average Bonchev–Trinajstić information content (AvgIpc) is 2.41. The first-order valence-corrected chi connectivity index (χ1v) is 10.3. The van der Waals surface area contributed by atoms with Crippen molar-refractivity contribution in [2.24, 2.45) is 0 Å². The van der Waals surface area contributed by atoms with Gasteiger partial charge in [0.05, 0.1) is 12.5 Å². The maximum Gasteiger partial charge on any atom is 0.408 e. The summed E-state index contributed by atoms with van der Waals surface area (Å²) in [5.41, 5.74) is -0.0202. The van der Waals surface area contributed by atoms with Crippen LogP contribution in [0, 0.1) is 0 Å². The lowest BCUT2D eigenvalue weighted by atomic mass is 10.2. The molecule has 0 saturated carbocycles. The summed E-state index contributed by atoms with van der Waals surface area (Å²) in [6.07, 6.45) is 4.14. The molecule has 0 heterocycles. The number of hydrogen-bond acceptors (Lipinski definition) is 3. The van der Waals surface area contributed by atoms with E-state index in [-0.39, 0.29) is 16.8 Å². The predicted molar refractivity (Wildman–Crippen MR) is 102 cm³/mol. The van der Waals surface area contributed by atoms with Crippen molar-refractivity contribution in [3.63, 3.8) is 0 Å². The van der Waals surface area contributed by atoms with Gasteiger partial charge >= 0.3 is 6.09 Å². The normalized spacial score (nSPS) is 12.6. The van der Waals surface area contributed by atoms with E-state index in [0.29, 0.717) is 17.1 Å². The summed E-state index contributed by atoms with van der Waals surface area (Å²) in [5, 5.41) is 5.98. The SMILES string of the molecule is C[S+](C)CC[C@H](NC(=O)OC(C)(C)C)C(=O)Nc1cccc(Cl)c1. The van der Waals surface area contributed by atoms with Crippen molar-refractivity contribution in [1.82, 2.24) is 5.32 Å². The van der Waals surface area contributed by atoms with Gasteiger partial charge in [0.1, 0.15) is 17.4 Å². The maximum absolute atomic E-state index is 12.5. The largest absolute Gasteiger partial charge is 0.444 e. The Balaban J connectivity index is 2.76. The number of nitrogens with one attached hydrogen (secondary N) is 2. The molecule has 0 saturated heterocycles. The number of benzene rings is 1. The smallest absolute Gasteiger partial charge is 0.408 e. The number of halogens is 1. The molecule has 0 fully saturated rings. The molecule has 5 nitrogen and oxygen atoms in total. The van der Waals surface area contributed by atoms with Crippen LogP contribution >= 0.6 is 11.6 Å². The Morgan fingerprint density at radius 3 is 2.50 bits per heavy atom. The summed E-state index contributed by atoms with van der Waals surface area (Å²) in [4.78, 5) is 24.5. The van der Waals surface area contributed by atoms with Crippen LogP contribution in [0.1, 0.15) is 27.2 Å². The number of alkyl carbamates (subject to hydrolysis) is 1. The van der Waals surface area contributed by atoms with E-state index in [9.17, 15) is 9.59 Å². The Morgan fingerprint density at radius 2 is 1.96 bits per heavy atom. The molecular formula is C17H26ClN2O3S+. The van der Waals surface area contributed by atoms with Crippen LogP contribution in [-0.4, -0.2) is 41.9 Å². The monoisotopic (exact) mass is 373 g/mol. The highest BCUT2D eigenvalue weighted by molar-refractivity contribution is 7.95. The second kappa shape index (κ2) is 9.18. The second-order valence-electron chi connectivity index (χ2n) is 6.68. The Morgan fingerprint density at radius 1 is 1.29 bits per heavy atom. The summed E-state index contributed by atoms with van der Waals surface area (Å²) < 4.78 is 5.25. The Hall–Kier alpha value is -1.40. The minimum Gasteiger partial charge on any atom is -0.444 e. The fraction of sp³-hybridized carbons (Fsp3) is 0.529. The van der Waals surface area contributed by atoms with E-state index in [1.54, 1.807) is 45.0 Å². The average molecular weight is 374 g/mol. The van der Waals surface area contributed by atoms with Gasteiger partial charge in [0.25, 0.3) is 0 Å². The van der Waals surface area contributed by atoms with Crippen LogP contribution in [0.5, 0.6) is 0 Å². The van der Waals surface area contributed by atoms with E-state index in [1.165, 1.54) is 0 Å². The van der Waals surface area contributed by atoms with Crippen molar-refractivity contribution in [2.45, 2.75) is 38.8 Å². The van der Waals surface area contributed by atoms with Gasteiger partial charge in [-0.1, -0.05) is 17.7 Å². The van der Waals surface area contributed by atoms with Gasteiger partial charge < -0.3 is 15.4 Å². The molecule has 1 atom stereocenters. The predicted octanol–water partition coefficient (Wildman–Crippen LogP) is 3.44. The molecule has 2 N–H and O–H groups in total. The second-order valence-corrected chi connectivity index (χ2v) is 9.49. The van der Waals surface area contributed by atoms with Gasteiger partial charge in [0.15, 0.2) is 0 Å². The highest BCUT2D eigenvalue weighted by atomic mass is 35.5. The molecule has 1 rings (SSSR count). The number of amides is 2. The molecular weight excluding hydrogens is 348 g/mol. The molecule has 0 bridgehead atoms. The summed E-state index contributed by atoms with van der Waals surface area (Å²) in [6.45, 7) is 5.34. The van der Waals surface area contributed by atoms with Gasteiger partial charge in [-0.15, -0.1) is 0 Å². The van der Waals surface area contributed by atoms with Crippen molar-refractivity contribution < 1.29 is 14.3 Å². The molecule has 2 amide bonds. The summed E-state index contributed by atoms with van der Waals surface area (Å²) in [7, 11) is 0.170.